The van der Waals surface area contributed by atoms with E-state index in [1.807, 2.05) is 18.2 Å². The predicted molar refractivity (Wildman–Crippen MR) is 76.1 cm³/mol. The van der Waals surface area contributed by atoms with E-state index in [0.29, 0.717) is 10.0 Å². The van der Waals surface area contributed by atoms with Gasteiger partial charge in [-0.3, -0.25) is 0 Å². The second kappa shape index (κ2) is 5.03. The molecular weight excluding hydrogens is 281 g/mol. The highest BCUT2D eigenvalue weighted by Crippen LogP contribution is 2.29. The summed E-state index contributed by atoms with van der Waals surface area (Å²) in [6, 6.07) is 9.13. The predicted octanol–water partition coefficient (Wildman–Crippen LogP) is 4.25. The summed E-state index contributed by atoms with van der Waals surface area (Å²) in [5, 5.41) is 1.18. The van der Waals surface area contributed by atoms with Crippen molar-refractivity contribution in [1.82, 2.24) is 15.0 Å². The van der Waals surface area contributed by atoms with E-state index in [9.17, 15) is 0 Å². The highest BCUT2D eigenvalue weighted by molar-refractivity contribution is 6.36. The Hall–Kier alpha value is -1.84. The van der Waals surface area contributed by atoms with Gasteiger partial charge in [0.05, 0.1) is 35.1 Å². The van der Waals surface area contributed by atoms with Gasteiger partial charge in [-0.15, -0.1) is 0 Å². The van der Waals surface area contributed by atoms with Crippen LogP contribution < -0.4 is 0 Å². The van der Waals surface area contributed by atoms with Crippen molar-refractivity contribution in [2.75, 3.05) is 0 Å². The van der Waals surface area contributed by atoms with Gasteiger partial charge < -0.3 is 4.98 Å². The third kappa shape index (κ3) is 2.48. The molecule has 3 aromatic rings. The van der Waals surface area contributed by atoms with E-state index in [4.69, 9.17) is 23.2 Å². The smallest absolute Gasteiger partial charge is 0.0994 e. The zero-order valence-corrected chi connectivity index (χ0v) is 11.2. The Morgan fingerprint density at radius 3 is 2.63 bits per heavy atom. The van der Waals surface area contributed by atoms with Crippen molar-refractivity contribution in [3.8, 4) is 22.5 Å². The van der Waals surface area contributed by atoms with Crippen LogP contribution in [0.3, 0.4) is 0 Å². The minimum Gasteiger partial charge on any atom is -0.345 e. The van der Waals surface area contributed by atoms with Crippen molar-refractivity contribution in [2.45, 2.75) is 0 Å². The van der Waals surface area contributed by atoms with Gasteiger partial charge in [-0.25, -0.2) is 9.97 Å². The number of imidazole rings is 1. The van der Waals surface area contributed by atoms with Gasteiger partial charge in [-0.2, -0.15) is 0 Å². The average molecular weight is 289 g/mol. The maximum atomic E-state index is 6.15. The number of hydrogen-bond acceptors (Lipinski definition) is 2. The van der Waals surface area contributed by atoms with Crippen LogP contribution >= 0.6 is 23.2 Å². The number of aromatic amines is 1. The Labute approximate surface area is 120 Å². The summed E-state index contributed by atoms with van der Waals surface area (Å²) in [7, 11) is 0. The lowest BCUT2D eigenvalue weighted by atomic mass is 10.1. The van der Waals surface area contributed by atoms with Crippen molar-refractivity contribution in [3.63, 3.8) is 0 Å². The molecule has 2 aromatic heterocycles. The molecule has 0 fully saturated rings. The number of pyridine rings is 1. The van der Waals surface area contributed by atoms with Crippen molar-refractivity contribution < 1.29 is 0 Å². The SMILES string of the molecule is Clc1ccc(-c2ccc(-c3cnc[nH]3)[c]n2)c(Cl)c1. The molecule has 1 radical (unpaired) electrons. The molecule has 0 amide bonds. The van der Waals surface area contributed by atoms with Crippen LogP contribution in [0.4, 0.5) is 0 Å². The summed E-state index contributed by atoms with van der Waals surface area (Å²) in [5.41, 5.74) is 3.32. The summed E-state index contributed by atoms with van der Waals surface area (Å²) in [4.78, 5) is 11.3. The molecule has 3 rings (SSSR count). The molecule has 1 N–H and O–H groups in total. The van der Waals surface area contributed by atoms with Crippen molar-refractivity contribution in [3.05, 3.63) is 59.1 Å². The molecule has 0 bridgehead atoms. The topological polar surface area (TPSA) is 41.6 Å². The van der Waals surface area contributed by atoms with Crippen LogP contribution in [0, 0.1) is 6.20 Å². The number of rotatable bonds is 2. The van der Waals surface area contributed by atoms with Gasteiger partial charge in [0.15, 0.2) is 0 Å². The first-order valence-electron chi connectivity index (χ1n) is 5.57. The molecule has 0 atom stereocenters. The van der Waals surface area contributed by atoms with E-state index >= 15 is 0 Å². The van der Waals surface area contributed by atoms with Crippen LogP contribution in [0.15, 0.2) is 42.9 Å². The van der Waals surface area contributed by atoms with Gasteiger partial charge in [0.1, 0.15) is 0 Å². The molecule has 1 aromatic carbocycles. The molecule has 3 nitrogen and oxygen atoms in total. The van der Waals surface area contributed by atoms with Crippen LogP contribution in [-0.4, -0.2) is 15.0 Å². The molecule has 2 heterocycles. The molecule has 0 aliphatic heterocycles. The Bertz CT molecular complexity index is 691. The van der Waals surface area contributed by atoms with E-state index in [1.54, 1.807) is 24.7 Å². The second-order valence-corrected chi connectivity index (χ2v) is 4.79. The highest BCUT2D eigenvalue weighted by atomic mass is 35.5. The fourth-order valence-electron chi connectivity index (χ4n) is 1.76. The number of nitrogens with zero attached hydrogens (tertiary/aromatic N) is 2. The molecule has 0 saturated carbocycles. The molecule has 5 heteroatoms. The molecule has 0 aliphatic rings. The average Bonchev–Trinajstić information content (AvgIpc) is 2.93. The van der Waals surface area contributed by atoms with Crippen LogP contribution in [0.5, 0.6) is 0 Å². The number of benzene rings is 1. The van der Waals surface area contributed by atoms with Gasteiger partial charge in [-0.05, 0) is 30.3 Å². The van der Waals surface area contributed by atoms with E-state index in [0.717, 1.165) is 22.5 Å². The summed E-state index contributed by atoms with van der Waals surface area (Å²) in [6.07, 6.45) is 6.31. The second-order valence-electron chi connectivity index (χ2n) is 3.95. The first kappa shape index (κ1) is 12.2. The zero-order chi connectivity index (χ0) is 13.2. The van der Waals surface area contributed by atoms with Crippen LogP contribution in [0.25, 0.3) is 22.5 Å². The lowest BCUT2D eigenvalue weighted by molar-refractivity contribution is 1.28. The normalized spacial score (nSPS) is 10.6. The summed E-state index contributed by atoms with van der Waals surface area (Å²) in [5.74, 6) is 0. The monoisotopic (exact) mass is 288 g/mol. The van der Waals surface area contributed by atoms with Crippen LogP contribution in [0.2, 0.25) is 10.0 Å². The van der Waals surface area contributed by atoms with E-state index in [1.165, 1.54) is 0 Å². The maximum Gasteiger partial charge on any atom is 0.0994 e. The molecule has 0 spiro atoms. The summed E-state index contributed by atoms with van der Waals surface area (Å²) in [6.45, 7) is 0. The van der Waals surface area contributed by atoms with Crippen molar-refractivity contribution in [2.24, 2.45) is 0 Å². The summed E-state index contributed by atoms with van der Waals surface area (Å²) < 4.78 is 0. The molecule has 0 unspecified atom stereocenters. The lowest BCUT2D eigenvalue weighted by Crippen LogP contribution is -1.87. The minimum atomic E-state index is 0.572. The fraction of sp³-hybridized carbons (Fsp3) is 0. The van der Waals surface area contributed by atoms with Gasteiger partial charge in [-0.1, -0.05) is 23.2 Å². The largest absolute Gasteiger partial charge is 0.345 e. The number of hydrogen-bond donors (Lipinski definition) is 1. The quantitative estimate of drug-likeness (QED) is 0.766. The Morgan fingerprint density at radius 2 is 2.00 bits per heavy atom. The van der Waals surface area contributed by atoms with Gasteiger partial charge in [0, 0.05) is 16.1 Å². The first-order valence-corrected chi connectivity index (χ1v) is 6.32. The van der Waals surface area contributed by atoms with Gasteiger partial charge in [0.25, 0.3) is 0 Å². The van der Waals surface area contributed by atoms with E-state index in [2.05, 4.69) is 21.1 Å². The standard InChI is InChI=1S/C14H8Cl2N3/c15-10-2-3-11(12(16)5-10)13-4-1-9(6-18-13)14-7-17-8-19-14/h1-5,7-8H,(H,17,19). The number of nitrogens with one attached hydrogen (secondary N) is 1. The van der Waals surface area contributed by atoms with Crippen molar-refractivity contribution in [1.29, 1.82) is 0 Å². The third-order valence-corrected chi connectivity index (χ3v) is 3.25. The molecular formula is C14H8Cl2N3. The van der Waals surface area contributed by atoms with E-state index in [-0.39, 0.29) is 0 Å². The van der Waals surface area contributed by atoms with Crippen LogP contribution in [0.1, 0.15) is 0 Å². The third-order valence-electron chi connectivity index (χ3n) is 2.70. The molecule has 19 heavy (non-hydrogen) atoms. The summed E-state index contributed by atoms with van der Waals surface area (Å²) >= 11 is 12.0. The maximum absolute atomic E-state index is 6.15. The van der Waals surface area contributed by atoms with Gasteiger partial charge >= 0.3 is 0 Å². The van der Waals surface area contributed by atoms with Crippen molar-refractivity contribution >= 4 is 23.2 Å². The Kier molecular flexibility index (Phi) is 3.23. The lowest BCUT2D eigenvalue weighted by Gasteiger charge is -2.04. The minimum absolute atomic E-state index is 0.572. The number of aromatic nitrogens is 3. The first-order chi connectivity index (χ1) is 9.24. The molecule has 0 aliphatic carbocycles. The fourth-order valence-corrected chi connectivity index (χ4v) is 2.26. The molecule has 93 valence electrons. The van der Waals surface area contributed by atoms with E-state index < -0.39 is 0 Å². The molecule has 0 saturated heterocycles. The Morgan fingerprint density at radius 1 is 1.11 bits per heavy atom. The van der Waals surface area contributed by atoms with Crippen LogP contribution in [-0.2, 0) is 0 Å². The highest BCUT2D eigenvalue weighted by Gasteiger charge is 2.07. The Balaban J connectivity index is 1.98. The number of halogens is 2. The zero-order valence-electron chi connectivity index (χ0n) is 9.69. The van der Waals surface area contributed by atoms with Gasteiger partial charge in [0.2, 0.25) is 0 Å². The number of H-pyrrole nitrogens is 1.